The summed E-state index contributed by atoms with van der Waals surface area (Å²) in [4.78, 5) is 24.6. The number of ether oxygens (including phenoxy) is 1. The number of carbonyl (C=O) groups is 2. The molecule has 1 heterocycles. The van der Waals surface area contributed by atoms with Crippen LogP contribution in [0.4, 0.5) is 0 Å². The lowest BCUT2D eigenvalue weighted by molar-refractivity contribution is 0.0862. The number of hydrogen-bond acceptors (Lipinski definition) is 3. The lowest BCUT2D eigenvalue weighted by Crippen LogP contribution is -2.36. The third-order valence-electron chi connectivity index (χ3n) is 3.57. The maximum Gasteiger partial charge on any atom is 0.198 e. The van der Waals surface area contributed by atoms with E-state index in [-0.39, 0.29) is 11.6 Å². The Labute approximate surface area is 105 Å². The predicted octanol–water partition coefficient (Wildman–Crippen LogP) is 2.56. The van der Waals surface area contributed by atoms with Crippen LogP contribution in [0.3, 0.4) is 0 Å². The first-order valence-corrected chi connectivity index (χ1v) is 6.05. The summed E-state index contributed by atoms with van der Waals surface area (Å²) in [6, 6.07) is 6.95. The second-order valence-corrected chi connectivity index (χ2v) is 5.11. The molecule has 1 fully saturated rings. The van der Waals surface area contributed by atoms with Crippen molar-refractivity contribution in [3.8, 4) is 0 Å². The zero-order valence-corrected chi connectivity index (χ0v) is 10.4. The predicted molar refractivity (Wildman–Crippen MR) is 66.8 cm³/mol. The average Bonchev–Trinajstić information content (AvgIpc) is 3.10. The molecule has 3 nitrogen and oxygen atoms in total. The fourth-order valence-electron chi connectivity index (χ4n) is 2.48. The average molecular weight is 242 g/mol. The molecule has 92 valence electrons. The van der Waals surface area contributed by atoms with Crippen LogP contribution in [0.1, 0.15) is 41.0 Å². The number of allylic oxidation sites excluding steroid dienone is 1. The lowest BCUT2D eigenvalue weighted by Gasteiger charge is -2.17. The van der Waals surface area contributed by atoms with Gasteiger partial charge in [0.15, 0.2) is 23.3 Å². The number of carbonyl (C=O) groups excluding carboxylic acids is 2. The molecule has 2 atom stereocenters. The Kier molecular flexibility index (Phi) is 2.29. The largest absolute Gasteiger partial charge is 0.348 e. The van der Waals surface area contributed by atoms with Crippen molar-refractivity contribution >= 4 is 11.6 Å². The minimum atomic E-state index is -0.914. The molecule has 18 heavy (non-hydrogen) atoms. The molecule has 1 aromatic carbocycles. The first-order chi connectivity index (χ1) is 8.56. The molecule has 1 saturated heterocycles. The summed E-state index contributed by atoms with van der Waals surface area (Å²) in [5.74, 6) is -0.118. The number of ketones is 2. The third-order valence-corrected chi connectivity index (χ3v) is 3.57. The fourth-order valence-corrected chi connectivity index (χ4v) is 2.48. The van der Waals surface area contributed by atoms with Gasteiger partial charge in [0.25, 0.3) is 0 Å². The minimum absolute atomic E-state index is 0.0554. The molecule has 3 rings (SSSR count). The van der Waals surface area contributed by atoms with Gasteiger partial charge in [-0.15, -0.1) is 0 Å². The second-order valence-electron chi connectivity index (χ2n) is 5.11. The van der Waals surface area contributed by atoms with Gasteiger partial charge in [-0.1, -0.05) is 35.9 Å². The van der Waals surface area contributed by atoms with Crippen molar-refractivity contribution in [1.82, 2.24) is 0 Å². The van der Waals surface area contributed by atoms with E-state index < -0.39 is 11.7 Å². The van der Waals surface area contributed by atoms with Crippen LogP contribution in [0.15, 0.2) is 35.9 Å². The van der Waals surface area contributed by atoms with Crippen LogP contribution in [0.2, 0.25) is 0 Å². The molecular weight excluding hydrogens is 228 g/mol. The molecule has 0 spiro atoms. The Morgan fingerprint density at radius 2 is 1.94 bits per heavy atom. The molecule has 2 unspecified atom stereocenters. The van der Waals surface area contributed by atoms with Gasteiger partial charge in [0.05, 0.1) is 0 Å². The van der Waals surface area contributed by atoms with E-state index in [1.807, 2.05) is 19.9 Å². The van der Waals surface area contributed by atoms with Crippen molar-refractivity contribution in [1.29, 1.82) is 0 Å². The lowest BCUT2D eigenvalue weighted by atomic mass is 9.80. The van der Waals surface area contributed by atoms with Gasteiger partial charge < -0.3 is 4.74 Å². The quantitative estimate of drug-likeness (QED) is 0.591. The summed E-state index contributed by atoms with van der Waals surface area (Å²) in [6.07, 6.45) is 1.87. The van der Waals surface area contributed by atoms with E-state index in [4.69, 9.17) is 4.74 Å². The molecule has 0 amide bonds. The molecule has 1 aromatic rings. The van der Waals surface area contributed by atoms with E-state index in [1.54, 1.807) is 24.3 Å². The number of epoxide rings is 1. The maximum absolute atomic E-state index is 12.4. The molecule has 3 heteroatoms. The van der Waals surface area contributed by atoms with E-state index in [0.29, 0.717) is 17.5 Å². The molecule has 0 aromatic heterocycles. The Hall–Kier alpha value is -1.74. The molecular formula is C15H14O3. The normalized spacial score (nSPS) is 28.4. The number of hydrogen-bond donors (Lipinski definition) is 0. The van der Waals surface area contributed by atoms with Gasteiger partial charge in [-0.3, -0.25) is 9.59 Å². The third kappa shape index (κ3) is 1.40. The Bertz CT molecular complexity index is 581. The van der Waals surface area contributed by atoms with Crippen LogP contribution in [0, 0.1) is 0 Å². The van der Waals surface area contributed by atoms with Crippen molar-refractivity contribution < 1.29 is 14.3 Å². The number of benzene rings is 1. The second kappa shape index (κ2) is 3.62. The molecule has 1 aliphatic heterocycles. The Balaban J connectivity index is 2.03. The monoisotopic (exact) mass is 242 g/mol. The first-order valence-electron chi connectivity index (χ1n) is 6.05. The zero-order chi connectivity index (χ0) is 12.9. The van der Waals surface area contributed by atoms with E-state index in [2.05, 4.69) is 0 Å². The van der Waals surface area contributed by atoms with Gasteiger partial charge in [-0.2, -0.15) is 0 Å². The van der Waals surface area contributed by atoms with Gasteiger partial charge in [-0.05, 0) is 13.8 Å². The van der Waals surface area contributed by atoms with Crippen molar-refractivity contribution in [2.75, 3.05) is 0 Å². The highest BCUT2D eigenvalue weighted by Gasteiger charge is 2.68. The molecule has 0 saturated carbocycles. The smallest absolute Gasteiger partial charge is 0.198 e. The number of rotatable bonds is 2. The van der Waals surface area contributed by atoms with E-state index in [1.165, 1.54) is 0 Å². The minimum Gasteiger partial charge on any atom is -0.348 e. The molecule has 0 N–H and O–H groups in total. The Morgan fingerprint density at radius 1 is 1.28 bits per heavy atom. The summed E-state index contributed by atoms with van der Waals surface area (Å²) in [6.45, 7) is 3.94. The highest BCUT2D eigenvalue weighted by atomic mass is 16.6. The van der Waals surface area contributed by atoms with Crippen LogP contribution in [-0.2, 0) is 4.74 Å². The first kappa shape index (κ1) is 11.4. The van der Waals surface area contributed by atoms with E-state index in [9.17, 15) is 9.59 Å². The maximum atomic E-state index is 12.4. The molecule has 1 aliphatic carbocycles. The van der Waals surface area contributed by atoms with Gasteiger partial charge in [0.1, 0.15) is 0 Å². The number of Topliss-reactive ketones (excluding diaryl/α,β-unsaturated/α-hetero) is 2. The van der Waals surface area contributed by atoms with E-state index >= 15 is 0 Å². The highest BCUT2D eigenvalue weighted by molar-refractivity contribution is 6.22. The molecule has 0 radical (unpaired) electrons. The SMILES string of the molecule is CC(C)=CCC12OC1C(=O)c1ccccc1C2=O. The van der Waals surface area contributed by atoms with Crippen LogP contribution in [0.25, 0.3) is 0 Å². The summed E-state index contributed by atoms with van der Waals surface area (Å²) in [5.41, 5.74) is 1.21. The van der Waals surface area contributed by atoms with Gasteiger partial charge in [0.2, 0.25) is 0 Å². The summed E-state index contributed by atoms with van der Waals surface area (Å²) in [7, 11) is 0. The molecule has 2 aliphatic rings. The van der Waals surface area contributed by atoms with Crippen molar-refractivity contribution in [3.63, 3.8) is 0 Å². The van der Waals surface area contributed by atoms with Gasteiger partial charge >= 0.3 is 0 Å². The summed E-state index contributed by atoms with van der Waals surface area (Å²) < 4.78 is 5.48. The number of fused-ring (bicyclic) bond motifs is 2. The zero-order valence-electron chi connectivity index (χ0n) is 10.4. The van der Waals surface area contributed by atoms with Gasteiger partial charge in [0, 0.05) is 17.5 Å². The van der Waals surface area contributed by atoms with Crippen molar-refractivity contribution in [3.05, 3.63) is 47.0 Å². The topological polar surface area (TPSA) is 46.7 Å². The van der Waals surface area contributed by atoms with Crippen LogP contribution < -0.4 is 0 Å². The van der Waals surface area contributed by atoms with E-state index in [0.717, 1.165) is 5.57 Å². The summed E-state index contributed by atoms with van der Waals surface area (Å²) >= 11 is 0. The Morgan fingerprint density at radius 3 is 2.61 bits per heavy atom. The highest BCUT2D eigenvalue weighted by Crippen LogP contribution is 2.48. The molecule has 0 bridgehead atoms. The van der Waals surface area contributed by atoms with Crippen molar-refractivity contribution in [2.45, 2.75) is 32.0 Å². The fraction of sp³-hybridized carbons (Fsp3) is 0.333. The standard InChI is InChI=1S/C15H14O3/c1-9(2)7-8-15-13(17)11-6-4-3-5-10(11)12(16)14(15)18-15/h3-7,14H,8H2,1-2H3. The van der Waals surface area contributed by atoms with Crippen LogP contribution >= 0.6 is 0 Å². The van der Waals surface area contributed by atoms with Crippen molar-refractivity contribution in [2.24, 2.45) is 0 Å². The van der Waals surface area contributed by atoms with Crippen LogP contribution in [0.5, 0.6) is 0 Å². The van der Waals surface area contributed by atoms with Crippen LogP contribution in [-0.4, -0.2) is 23.3 Å². The summed E-state index contributed by atoms with van der Waals surface area (Å²) in [5, 5.41) is 0. The van der Waals surface area contributed by atoms with Gasteiger partial charge in [-0.25, -0.2) is 0 Å².